The molecule has 2 rings (SSSR count). The van der Waals surface area contributed by atoms with Crippen molar-refractivity contribution < 1.29 is 46.5 Å². The summed E-state index contributed by atoms with van der Waals surface area (Å²) in [6, 6.07) is 8.93. The molecule has 1 aliphatic carbocycles. The average molecular weight is 392 g/mol. The Labute approximate surface area is 164 Å². The minimum Gasteiger partial charge on any atom is -1.00 e. The fourth-order valence-corrected chi connectivity index (χ4v) is 8.13. The van der Waals surface area contributed by atoms with Gasteiger partial charge in [0.15, 0.2) is 0 Å². The molecule has 22 heavy (non-hydrogen) atoms. The van der Waals surface area contributed by atoms with Gasteiger partial charge in [0.25, 0.3) is 0 Å². The predicted molar refractivity (Wildman–Crippen MR) is 87.8 cm³/mol. The summed E-state index contributed by atoms with van der Waals surface area (Å²) < 4.78 is 0. The van der Waals surface area contributed by atoms with Crippen LogP contribution < -0.4 is 29.8 Å². The molecule has 0 saturated carbocycles. The topological polar surface area (TPSA) is 12.0 Å². The number of fused-ring (bicyclic) bond motifs is 1. The van der Waals surface area contributed by atoms with Crippen molar-refractivity contribution in [2.75, 3.05) is 0 Å². The largest absolute Gasteiger partial charge is 2.00 e. The molecule has 0 amide bonds. The first-order chi connectivity index (χ1) is 8.63. The van der Waals surface area contributed by atoms with E-state index in [1.807, 2.05) is 0 Å². The number of allylic oxidation sites excluding steroid dienone is 2. The third-order valence-corrected chi connectivity index (χ3v) is 7.70. The molecule has 1 aliphatic rings. The Morgan fingerprint density at radius 1 is 1.00 bits per heavy atom. The van der Waals surface area contributed by atoms with Crippen molar-refractivity contribution in [3.63, 3.8) is 0 Å². The van der Waals surface area contributed by atoms with Gasteiger partial charge >= 0.3 is 21.7 Å². The van der Waals surface area contributed by atoms with Gasteiger partial charge in [0, 0.05) is 11.1 Å². The van der Waals surface area contributed by atoms with Crippen LogP contribution in [-0.2, 0) is 21.7 Å². The first kappa shape index (κ1) is 24.7. The van der Waals surface area contributed by atoms with Crippen LogP contribution in [0.5, 0.6) is 0 Å². The van der Waals surface area contributed by atoms with Crippen molar-refractivity contribution in [3.8, 4) is 0 Å². The minimum atomic E-state index is -1.57. The molecule has 0 fully saturated rings. The molecule has 1 N–H and O–H groups in total. The second-order valence-electron chi connectivity index (χ2n) is 7.42. The van der Waals surface area contributed by atoms with Crippen LogP contribution in [0.1, 0.15) is 51.3 Å². The van der Waals surface area contributed by atoms with Gasteiger partial charge in [0.05, 0.1) is 0 Å². The quantitative estimate of drug-likeness (QED) is 0.619. The fourth-order valence-electron chi connectivity index (χ4n) is 3.72. The van der Waals surface area contributed by atoms with Crippen LogP contribution in [0.25, 0.3) is 5.57 Å². The molecule has 122 valence electrons. The SMILES string of the molecule is CC1=C(C)C([Si](C)(C)NC(C)(C)C)c2ccccc21.[Cl-].[Cl-].[Ti+2]. The van der Waals surface area contributed by atoms with Crippen LogP contribution in [0.3, 0.4) is 0 Å². The molecule has 0 spiro atoms. The maximum absolute atomic E-state index is 3.93. The smallest absolute Gasteiger partial charge is 1.00 e. The third kappa shape index (κ3) is 4.96. The van der Waals surface area contributed by atoms with Gasteiger partial charge < -0.3 is 29.8 Å². The van der Waals surface area contributed by atoms with Gasteiger partial charge in [-0.1, -0.05) is 42.9 Å². The van der Waals surface area contributed by atoms with Crippen LogP contribution in [0.15, 0.2) is 29.8 Å². The van der Waals surface area contributed by atoms with Crippen LogP contribution in [0.4, 0.5) is 0 Å². The summed E-state index contributed by atoms with van der Waals surface area (Å²) in [7, 11) is -1.57. The van der Waals surface area contributed by atoms with E-state index in [4.69, 9.17) is 0 Å². The minimum absolute atomic E-state index is 0. The van der Waals surface area contributed by atoms with E-state index >= 15 is 0 Å². The predicted octanol–water partition coefficient (Wildman–Crippen LogP) is -1.28. The van der Waals surface area contributed by atoms with E-state index in [-0.39, 0.29) is 52.1 Å². The van der Waals surface area contributed by atoms with E-state index in [0.29, 0.717) is 5.54 Å². The van der Waals surface area contributed by atoms with Crippen LogP contribution in [-0.4, -0.2) is 13.8 Å². The molecule has 1 aromatic carbocycles. The molecule has 0 aromatic heterocycles. The molecular weight excluding hydrogens is 365 g/mol. The van der Waals surface area contributed by atoms with Gasteiger partial charge in [-0.3, -0.25) is 0 Å². The number of benzene rings is 1. The first-order valence-corrected chi connectivity index (χ1v) is 10.3. The van der Waals surface area contributed by atoms with E-state index in [2.05, 4.69) is 77.0 Å². The van der Waals surface area contributed by atoms with Gasteiger partial charge in [-0.2, -0.15) is 0 Å². The molecule has 1 aromatic rings. The molecule has 1 unspecified atom stereocenters. The van der Waals surface area contributed by atoms with E-state index in [1.165, 1.54) is 16.7 Å². The molecule has 0 saturated heterocycles. The normalized spacial score (nSPS) is 17.1. The van der Waals surface area contributed by atoms with Crippen molar-refractivity contribution in [1.29, 1.82) is 0 Å². The van der Waals surface area contributed by atoms with Crippen molar-refractivity contribution >= 4 is 13.8 Å². The Hall–Kier alpha value is 0.431. The van der Waals surface area contributed by atoms with Crippen LogP contribution in [0.2, 0.25) is 13.1 Å². The molecule has 0 bridgehead atoms. The van der Waals surface area contributed by atoms with E-state index in [0.717, 1.165) is 0 Å². The van der Waals surface area contributed by atoms with Crippen molar-refractivity contribution in [2.45, 2.75) is 58.8 Å². The number of hydrogen-bond donors (Lipinski definition) is 1. The Morgan fingerprint density at radius 2 is 1.50 bits per heavy atom. The van der Waals surface area contributed by atoms with E-state index in [1.54, 1.807) is 5.57 Å². The van der Waals surface area contributed by atoms with Gasteiger partial charge in [-0.05, 0) is 51.3 Å². The monoisotopic (exact) mass is 391 g/mol. The van der Waals surface area contributed by atoms with Gasteiger partial charge in [0.2, 0.25) is 0 Å². The van der Waals surface area contributed by atoms with Gasteiger partial charge in [-0.25, -0.2) is 0 Å². The molecular formula is C17H27Cl2NSiTi. The van der Waals surface area contributed by atoms with Crippen molar-refractivity contribution in [2.24, 2.45) is 0 Å². The average Bonchev–Trinajstić information content (AvgIpc) is 2.49. The summed E-state index contributed by atoms with van der Waals surface area (Å²) in [4.78, 5) is 3.93. The summed E-state index contributed by atoms with van der Waals surface area (Å²) in [6.45, 7) is 16.3. The summed E-state index contributed by atoms with van der Waals surface area (Å²) in [5.41, 5.74) is 6.82. The van der Waals surface area contributed by atoms with Crippen molar-refractivity contribution in [3.05, 3.63) is 41.0 Å². The van der Waals surface area contributed by atoms with Gasteiger partial charge in [0.1, 0.15) is 8.24 Å². The Balaban J connectivity index is 0. The number of nitrogens with one attached hydrogen (secondary N) is 1. The van der Waals surface area contributed by atoms with Crippen LogP contribution >= 0.6 is 0 Å². The van der Waals surface area contributed by atoms with Gasteiger partial charge in [-0.15, -0.1) is 0 Å². The molecule has 0 heterocycles. The van der Waals surface area contributed by atoms with E-state index < -0.39 is 8.24 Å². The molecule has 1 atom stereocenters. The summed E-state index contributed by atoms with van der Waals surface area (Å²) in [6.07, 6.45) is 0. The standard InChI is InChI=1S/C17H27NSi.2ClH.Ti/c1-12-13(2)16(15-11-9-8-10-14(12)15)19(6,7)18-17(3,4)5;;;/h8-11,16,18H,1-7H3;2*1H;/q;;;+2/p-2. The summed E-state index contributed by atoms with van der Waals surface area (Å²) >= 11 is 0. The molecule has 0 radical (unpaired) electrons. The number of rotatable bonds is 2. The van der Waals surface area contributed by atoms with E-state index in [9.17, 15) is 0 Å². The molecule has 0 aliphatic heterocycles. The summed E-state index contributed by atoms with van der Waals surface area (Å²) in [5, 5.41) is 0. The Bertz CT molecular complexity index is 536. The number of hydrogen-bond acceptors (Lipinski definition) is 1. The zero-order valence-electron chi connectivity index (χ0n) is 14.6. The van der Waals surface area contributed by atoms with Crippen molar-refractivity contribution in [1.82, 2.24) is 4.98 Å². The Morgan fingerprint density at radius 3 is 2.00 bits per heavy atom. The van der Waals surface area contributed by atoms with Crippen LogP contribution in [0, 0.1) is 0 Å². The molecule has 1 nitrogen and oxygen atoms in total. The third-order valence-electron chi connectivity index (χ3n) is 4.12. The summed E-state index contributed by atoms with van der Waals surface area (Å²) in [5.74, 6) is 0. The first-order valence-electron chi connectivity index (χ1n) is 7.19. The number of halogens is 2. The zero-order valence-corrected chi connectivity index (χ0v) is 18.7. The second kappa shape index (κ2) is 8.51. The zero-order chi connectivity index (χ0) is 14.4. The second-order valence-corrected chi connectivity index (χ2v) is 11.7. The maximum atomic E-state index is 3.93. The maximum Gasteiger partial charge on any atom is 2.00 e. The molecule has 5 heteroatoms. The fraction of sp³-hybridized carbons (Fsp3) is 0.529. The Kier molecular flexibility index (Phi) is 9.54.